The maximum atomic E-state index is 11.7. The highest BCUT2D eigenvalue weighted by Gasteiger charge is 2.43. The minimum atomic E-state index is -0.669. The number of benzene rings is 1. The zero-order chi connectivity index (χ0) is 13.2. The van der Waals surface area contributed by atoms with Gasteiger partial charge < -0.3 is 14.6 Å². The summed E-state index contributed by atoms with van der Waals surface area (Å²) in [6.45, 7) is 2.23. The van der Waals surface area contributed by atoms with Gasteiger partial charge in [-0.05, 0) is 13.0 Å². The third-order valence-corrected chi connectivity index (χ3v) is 3.24. The van der Waals surface area contributed by atoms with Crippen LogP contribution in [0.1, 0.15) is 12.5 Å². The first-order chi connectivity index (χ1) is 8.60. The molecule has 1 atom stereocenters. The molecule has 1 aliphatic rings. The van der Waals surface area contributed by atoms with Crippen molar-refractivity contribution in [2.24, 2.45) is 0 Å². The molecule has 0 saturated carbocycles. The van der Waals surface area contributed by atoms with Crippen molar-refractivity contribution >= 4 is 6.09 Å². The van der Waals surface area contributed by atoms with E-state index in [1.54, 1.807) is 14.0 Å². The normalized spacial score (nSPS) is 23.1. The largest absolute Gasteiger partial charge is 0.496 e. The lowest BCUT2D eigenvalue weighted by Gasteiger charge is -2.30. The van der Waals surface area contributed by atoms with E-state index >= 15 is 0 Å². The summed E-state index contributed by atoms with van der Waals surface area (Å²) < 4.78 is 10.3. The van der Waals surface area contributed by atoms with Crippen LogP contribution in [0.3, 0.4) is 0 Å². The monoisotopic (exact) mass is 251 g/mol. The van der Waals surface area contributed by atoms with Crippen molar-refractivity contribution in [3.63, 3.8) is 0 Å². The summed E-state index contributed by atoms with van der Waals surface area (Å²) in [7, 11) is 1.59. The summed E-state index contributed by atoms with van der Waals surface area (Å²) in [4.78, 5) is 13.2. The van der Waals surface area contributed by atoms with E-state index in [2.05, 4.69) is 0 Å². The number of methoxy groups -OCH3 is 1. The quantitative estimate of drug-likeness (QED) is 0.878. The summed E-state index contributed by atoms with van der Waals surface area (Å²) in [6, 6.07) is 7.49. The van der Waals surface area contributed by atoms with E-state index in [9.17, 15) is 9.90 Å². The number of para-hydroxylation sites is 1. The Morgan fingerprint density at radius 3 is 2.89 bits per heavy atom. The number of amides is 1. The Labute approximate surface area is 106 Å². The zero-order valence-corrected chi connectivity index (χ0v) is 10.5. The van der Waals surface area contributed by atoms with Crippen molar-refractivity contribution in [2.75, 3.05) is 20.3 Å². The van der Waals surface area contributed by atoms with Gasteiger partial charge in [0, 0.05) is 5.56 Å². The van der Waals surface area contributed by atoms with Gasteiger partial charge in [0.2, 0.25) is 0 Å². The molecule has 1 saturated heterocycles. The van der Waals surface area contributed by atoms with Crippen LogP contribution >= 0.6 is 0 Å². The second kappa shape index (κ2) is 4.86. The number of nitrogens with zero attached hydrogens (tertiary/aromatic N) is 1. The Morgan fingerprint density at radius 2 is 2.22 bits per heavy atom. The SMILES string of the molecule is COc1ccccc1CN1C(=O)OCC1(C)CO. The number of carbonyl (C=O) groups is 1. The van der Waals surface area contributed by atoms with E-state index in [0.29, 0.717) is 6.54 Å². The van der Waals surface area contributed by atoms with Gasteiger partial charge in [0.15, 0.2) is 0 Å². The number of carbonyl (C=O) groups excluding carboxylic acids is 1. The first kappa shape index (κ1) is 12.7. The Hall–Kier alpha value is -1.75. The van der Waals surface area contributed by atoms with Crippen molar-refractivity contribution in [3.8, 4) is 5.75 Å². The fraction of sp³-hybridized carbons (Fsp3) is 0.462. The van der Waals surface area contributed by atoms with Gasteiger partial charge in [-0.25, -0.2) is 4.79 Å². The lowest BCUT2D eigenvalue weighted by molar-refractivity contribution is 0.0952. The summed E-state index contributed by atoms with van der Waals surface area (Å²) in [5.74, 6) is 0.720. The molecule has 1 unspecified atom stereocenters. The predicted molar refractivity (Wildman–Crippen MR) is 65.4 cm³/mol. The van der Waals surface area contributed by atoms with E-state index < -0.39 is 11.6 Å². The summed E-state index contributed by atoms with van der Waals surface area (Å²) in [5.41, 5.74) is 0.219. The van der Waals surface area contributed by atoms with Crippen molar-refractivity contribution in [1.82, 2.24) is 4.90 Å². The molecule has 1 aromatic rings. The fourth-order valence-electron chi connectivity index (χ4n) is 1.98. The highest BCUT2D eigenvalue weighted by Crippen LogP contribution is 2.28. The second-order valence-electron chi connectivity index (χ2n) is 4.61. The molecule has 5 nitrogen and oxygen atoms in total. The minimum Gasteiger partial charge on any atom is -0.496 e. The molecule has 1 heterocycles. The standard InChI is InChI=1S/C13H17NO4/c1-13(8-15)9-18-12(16)14(13)7-10-5-3-4-6-11(10)17-2/h3-6,15H,7-9H2,1-2H3. The maximum absolute atomic E-state index is 11.7. The number of aliphatic hydroxyl groups is 1. The Morgan fingerprint density at radius 1 is 1.50 bits per heavy atom. The van der Waals surface area contributed by atoms with Crippen LogP contribution in [0.4, 0.5) is 4.79 Å². The average Bonchev–Trinajstić information content (AvgIpc) is 2.68. The molecule has 1 aliphatic heterocycles. The van der Waals surface area contributed by atoms with Crippen LogP contribution in [-0.2, 0) is 11.3 Å². The topological polar surface area (TPSA) is 59.0 Å². The van der Waals surface area contributed by atoms with Crippen molar-refractivity contribution in [1.29, 1.82) is 0 Å². The number of rotatable bonds is 4. The molecule has 2 rings (SSSR count). The van der Waals surface area contributed by atoms with E-state index in [4.69, 9.17) is 9.47 Å². The number of aliphatic hydroxyl groups excluding tert-OH is 1. The van der Waals surface area contributed by atoms with Gasteiger partial charge in [-0.1, -0.05) is 18.2 Å². The molecule has 0 bridgehead atoms. The van der Waals surface area contributed by atoms with Crippen LogP contribution < -0.4 is 4.74 Å². The minimum absolute atomic E-state index is 0.131. The van der Waals surface area contributed by atoms with Crippen LogP contribution in [0.2, 0.25) is 0 Å². The third-order valence-electron chi connectivity index (χ3n) is 3.24. The smallest absolute Gasteiger partial charge is 0.410 e. The molecule has 0 radical (unpaired) electrons. The van der Waals surface area contributed by atoms with E-state index in [0.717, 1.165) is 11.3 Å². The van der Waals surface area contributed by atoms with Crippen molar-refractivity contribution in [3.05, 3.63) is 29.8 Å². The highest BCUT2D eigenvalue weighted by molar-refractivity contribution is 5.71. The first-order valence-corrected chi connectivity index (χ1v) is 5.78. The van der Waals surface area contributed by atoms with Gasteiger partial charge in [0.1, 0.15) is 17.9 Å². The van der Waals surface area contributed by atoms with Crippen LogP contribution in [0.15, 0.2) is 24.3 Å². The van der Waals surface area contributed by atoms with Crippen molar-refractivity contribution < 1.29 is 19.4 Å². The number of hydrogen-bond acceptors (Lipinski definition) is 4. The maximum Gasteiger partial charge on any atom is 0.410 e. The van der Waals surface area contributed by atoms with Crippen LogP contribution in [-0.4, -0.2) is 42.0 Å². The van der Waals surface area contributed by atoms with Gasteiger partial charge in [0.25, 0.3) is 0 Å². The molecular weight excluding hydrogens is 234 g/mol. The molecule has 0 aliphatic carbocycles. The predicted octanol–water partition coefficient (Wildman–Crippen LogP) is 1.40. The lowest BCUT2D eigenvalue weighted by Crippen LogP contribution is -2.47. The van der Waals surface area contributed by atoms with Gasteiger partial charge >= 0.3 is 6.09 Å². The summed E-state index contributed by atoms with van der Waals surface area (Å²) >= 11 is 0. The van der Waals surface area contributed by atoms with E-state index in [-0.39, 0.29) is 13.2 Å². The van der Waals surface area contributed by atoms with Crippen LogP contribution in [0.25, 0.3) is 0 Å². The average molecular weight is 251 g/mol. The highest BCUT2D eigenvalue weighted by atomic mass is 16.6. The molecule has 1 fully saturated rings. The summed E-state index contributed by atoms with van der Waals surface area (Å²) in [5, 5.41) is 9.41. The van der Waals surface area contributed by atoms with E-state index in [1.807, 2.05) is 24.3 Å². The molecule has 1 N–H and O–H groups in total. The summed E-state index contributed by atoms with van der Waals surface area (Å²) in [6.07, 6.45) is -0.405. The molecule has 1 aromatic carbocycles. The zero-order valence-electron chi connectivity index (χ0n) is 10.5. The molecule has 1 amide bonds. The van der Waals surface area contributed by atoms with Crippen LogP contribution in [0, 0.1) is 0 Å². The Kier molecular flexibility index (Phi) is 3.43. The first-order valence-electron chi connectivity index (χ1n) is 5.78. The lowest BCUT2D eigenvalue weighted by atomic mass is 10.0. The number of hydrogen-bond donors (Lipinski definition) is 1. The molecular formula is C13H17NO4. The van der Waals surface area contributed by atoms with E-state index in [1.165, 1.54) is 4.90 Å². The molecule has 18 heavy (non-hydrogen) atoms. The van der Waals surface area contributed by atoms with Gasteiger partial charge in [0.05, 0.1) is 20.3 Å². The van der Waals surface area contributed by atoms with Gasteiger partial charge in [-0.2, -0.15) is 0 Å². The molecule has 0 aromatic heterocycles. The van der Waals surface area contributed by atoms with Gasteiger partial charge in [-0.15, -0.1) is 0 Å². The molecule has 0 spiro atoms. The molecule has 98 valence electrons. The Balaban J connectivity index is 2.24. The Bertz CT molecular complexity index is 448. The van der Waals surface area contributed by atoms with Gasteiger partial charge in [-0.3, -0.25) is 4.90 Å². The second-order valence-corrected chi connectivity index (χ2v) is 4.61. The molecule has 5 heteroatoms. The number of ether oxygens (including phenoxy) is 2. The fourth-order valence-corrected chi connectivity index (χ4v) is 1.98. The van der Waals surface area contributed by atoms with Crippen molar-refractivity contribution in [2.45, 2.75) is 19.0 Å². The third kappa shape index (κ3) is 2.13. The number of cyclic esters (lactones) is 1. The van der Waals surface area contributed by atoms with Crippen LogP contribution in [0.5, 0.6) is 5.75 Å².